The molecule has 0 N–H and O–H groups in total. The molecule has 0 bridgehead atoms. The first kappa shape index (κ1) is 18.0. The molecule has 1 atom stereocenters. The van der Waals surface area contributed by atoms with E-state index in [1.165, 1.54) is 70.6 Å². The van der Waals surface area contributed by atoms with Crippen molar-refractivity contribution in [3.05, 3.63) is 0 Å². The molecule has 1 heteroatoms. The van der Waals surface area contributed by atoms with Crippen LogP contribution in [-0.4, -0.2) is 13.2 Å². The van der Waals surface area contributed by atoms with Crippen LogP contribution in [0.2, 0.25) is 0 Å². The number of hydrogen-bond acceptors (Lipinski definition) is 1. The Bertz CT molecular complexity index is 145. The molecule has 1 unspecified atom stereocenters. The summed E-state index contributed by atoms with van der Waals surface area (Å²) in [6, 6.07) is 0. The summed E-state index contributed by atoms with van der Waals surface area (Å²) in [6.07, 6.45) is 15.2. The highest BCUT2D eigenvalue weighted by Gasteiger charge is 1.98. The van der Waals surface area contributed by atoms with Crippen LogP contribution in [0.15, 0.2) is 0 Å². The van der Waals surface area contributed by atoms with Gasteiger partial charge in [-0.05, 0) is 12.3 Å². The zero-order chi connectivity index (χ0) is 13.5. The lowest BCUT2D eigenvalue weighted by molar-refractivity contribution is 0.100. The van der Waals surface area contributed by atoms with Crippen molar-refractivity contribution in [1.29, 1.82) is 0 Å². The van der Waals surface area contributed by atoms with Crippen molar-refractivity contribution in [3.8, 4) is 0 Å². The molecule has 0 rings (SSSR count). The molecule has 1 nitrogen and oxygen atoms in total. The minimum absolute atomic E-state index is 0.730. The number of unbranched alkanes of at least 4 members (excludes halogenated alkanes) is 9. The van der Waals surface area contributed by atoms with Gasteiger partial charge in [-0.15, -0.1) is 0 Å². The van der Waals surface area contributed by atoms with Crippen LogP contribution < -0.4 is 0 Å². The number of ether oxygens (including phenoxy) is 1. The van der Waals surface area contributed by atoms with Crippen molar-refractivity contribution < 1.29 is 4.74 Å². The van der Waals surface area contributed by atoms with Gasteiger partial charge in [-0.25, -0.2) is 0 Å². The van der Waals surface area contributed by atoms with Crippen LogP contribution in [0.25, 0.3) is 0 Å². The molecule has 0 aliphatic carbocycles. The van der Waals surface area contributed by atoms with Crippen LogP contribution in [-0.2, 0) is 4.74 Å². The Morgan fingerprint density at radius 2 is 1.22 bits per heavy atom. The summed E-state index contributed by atoms with van der Waals surface area (Å²) in [6.45, 7) is 8.70. The maximum Gasteiger partial charge on any atom is 0.0491 e. The van der Waals surface area contributed by atoms with Crippen LogP contribution >= 0.6 is 0 Å². The fraction of sp³-hybridized carbons (Fsp3) is 1.00. The molecule has 110 valence electrons. The third kappa shape index (κ3) is 14.0. The van der Waals surface area contributed by atoms with E-state index in [9.17, 15) is 0 Å². The summed E-state index contributed by atoms with van der Waals surface area (Å²) in [5.41, 5.74) is 0. The quantitative estimate of drug-likeness (QED) is 0.348. The van der Waals surface area contributed by atoms with Crippen molar-refractivity contribution >= 4 is 0 Å². The molecule has 0 radical (unpaired) electrons. The van der Waals surface area contributed by atoms with Crippen molar-refractivity contribution in [3.63, 3.8) is 0 Å². The van der Waals surface area contributed by atoms with Gasteiger partial charge in [0.15, 0.2) is 0 Å². The van der Waals surface area contributed by atoms with Gasteiger partial charge in [-0.1, -0.05) is 85.0 Å². The van der Waals surface area contributed by atoms with E-state index in [0.717, 1.165) is 19.1 Å². The van der Waals surface area contributed by atoms with E-state index < -0.39 is 0 Å². The van der Waals surface area contributed by atoms with E-state index in [-0.39, 0.29) is 0 Å². The standard InChI is InChI=1S/C17H36O/c1-4-6-7-8-9-10-11-12-13-14-15-18-16-17(3)5-2/h17H,4-16H2,1-3H3. The third-order valence-electron chi connectivity index (χ3n) is 3.74. The zero-order valence-corrected chi connectivity index (χ0v) is 13.2. The lowest BCUT2D eigenvalue weighted by Crippen LogP contribution is -2.05. The summed E-state index contributed by atoms with van der Waals surface area (Å²) in [7, 11) is 0. The van der Waals surface area contributed by atoms with Gasteiger partial charge in [0.2, 0.25) is 0 Å². The average molecular weight is 256 g/mol. The van der Waals surface area contributed by atoms with Crippen LogP contribution in [0.5, 0.6) is 0 Å². The molecule has 0 amide bonds. The van der Waals surface area contributed by atoms with Gasteiger partial charge in [-0.2, -0.15) is 0 Å². The first-order valence-electron chi connectivity index (χ1n) is 8.39. The smallest absolute Gasteiger partial charge is 0.0491 e. The zero-order valence-electron chi connectivity index (χ0n) is 13.2. The van der Waals surface area contributed by atoms with Gasteiger partial charge in [-0.3, -0.25) is 0 Å². The Morgan fingerprint density at radius 1 is 0.722 bits per heavy atom. The predicted molar refractivity (Wildman–Crippen MR) is 82.1 cm³/mol. The second-order valence-electron chi connectivity index (χ2n) is 5.77. The molecule has 0 aromatic carbocycles. The third-order valence-corrected chi connectivity index (χ3v) is 3.74. The topological polar surface area (TPSA) is 9.23 Å². The predicted octanol–water partition coefficient (Wildman–Crippen LogP) is 5.97. The van der Waals surface area contributed by atoms with Crippen LogP contribution in [0.4, 0.5) is 0 Å². The van der Waals surface area contributed by atoms with Gasteiger partial charge in [0.25, 0.3) is 0 Å². The monoisotopic (exact) mass is 256 g/mol. The van der Waals surface area contributed by atoms with Crippen molar-refractivity contribution in [1.82, 2.24) is 0 Å². The summed E-state index contributed by atoms with van der Waals surface area (Å²) in [5.74, 6) is 0.730. The Kier molecular flexibility index (Phi) is 15.0. The van der Waals surface area contributed by atoms with Crippen LogP contribution in [0, 0.1) is 5.92 Å². The Balaban J connectivity index is 2.94. The number of rotatable bonds is 14. The first-order valence-corrected chi connectivity index (χ1v) is 8.39. The maximum absolute atomic E-state index is 5.66. The summed E-state index contributed by atoms with van der Waals surface area (Å²) in [5, 5.41) is 0. The van der Waals surface area contributed by atoms with Gasteiger partial charge < -0.3 is 4.74 Å². The maximum atomic E-state index is 5.66. The van der Waals surface area contributed by atoms with Gasteiger partial charge in [0.05, 0.1) is 0 Å². The second-order valence-corrected chi connectivity index (χ2v) is 5.77. The van der Waals surface area contributed by atoms with E-state index >= 15 is 0 Å². The summed E-state index contributed by atoms with van der Waals surface area (Å²) in [4.78, 5) is 0. The van der Waals surface area contributed by atoms with Gasteiger partial charge in [0, 0.05) is 13.2 Å². The fourth-order valence-corrected chi connectivity index (χ4v) is 2.09. The summed E-state index contributed by atoms with van der Waals surface area (Å²) >= 11 is 0. The molecule has 0 heterocycles. The normalized spacial score (nSPS) is 12.8. The lowest BCUT2D eigenvalue weighted by Gasteiger charge is -2.09. The summed E-state index contributed by atoms with van der Waals surface area (Å²) < 4.78 is 5.66. The molecule has 0 fully saturated rings. The van der Waals surface area contributed by atoms with E-state index in [2.05, 4.69) is 20.8 Å². The van der Waals surface area contributed by atoms with E-state index in [1.54, 1.807) is 0 Å². The Morgan fingerprint density at radius 3 is 1.72 bits per heavy atom. The molecule has 0 aromatic rings. The lowest BCUT2D eigenvalue weighted by atomic mass is 10.1. The SMILES string of the molecule is CCCCCCCCCCCCOCC(C)CC. The minimum Gasteiger partial charge on any atom is -0.381 e. The Labute approximate surface area is 116 Å². The van der Waals surface area contributed by atoms with Gasteiger partial charge >= 0.3 is 0 Å². The van der Waals surface area contributed by atoms with Crippen LogP contribution in [0.1, 0.15) is 91.4 Å². The van der Waals surface area contributed by atoms with E-state index in [1.807, 2.05) is 0 Å². The molecule has 0 aliphatic heterocycles. The molecular weight excluding hydrogens is 220 g/mol. The van der Waals surface area contributed by atoms with Crippen molar-refractivity contribution in [2.45, 2.75) is 91.4 Å². The van der Waals surface area contributed by atoms with Crippen molar-refractivity contribution in [2.75, 3.05) is 13.2 Å². The van der Waals surface area contributed by atoms with E-state index in [4.69, 9.17) is 4.74 Å². The second kappa shape index (κ2) is 15.0. The highest BCUT2D eigenvalue weighted by molar-refractivity contribution is 4.49. The molecule has 0 spiro atoms. The molecule has 0 saturated heterocycles. The minimum atomic E-state index is 0.730. The van der Waals surface area contributed by atoms with Crippen LogP contribution in [0.3, 0.4) is 0 Å². The highest BCUT2D eigenvalue weighted by atomic mass is 16.5. The molecule has 0 saturated carbocycles. The molecule has 0 aromatic heterocycles. The number of hydrogen-bond donors (Lipinski definition) is 0. The van der Waals surface area contributed by atoms with Gasteiger partial charge in [0.1, 0.15) is 0 Å². The molecule has 18 heavy (non-hydrogen) atoms. The highest BCUT2D eigenvalue weighted by Crippen LogP contribution is 2.10. The molecule has 0 aliphatic rings. The average Bonchev–Trinajstić information content (AvgIpc) is 2.39. The largest absolute Gasteiger partial charge is 0.381 e. The molecular formula is C17H36O. The fourth-order valence-electron chi connectivity index (χ4n) is 2.09. The van der Waals surface area contributed by atoms with Crippen molar-refractivity contribution in [2.24, 2.45) is 5.92 Å². The van der Waals surface area contributed by atoms with E-state index in [0.29, 0.717) is 0 Å². The first-order chi connectivity index (χ1) is 8.81. The Hall–Kier alpha value is -0.0400.